The highest BCUT2D eigenvalue weighted by atomic mass is 32.2. The van der Waals surface area contributed by atoms with Crippen molar-refractivity contribution in [2.45, 2.75) is 50.8 Å². The number of thiophene rings is 1. The monoisotopic (exact) mass is 393 g/mol. The lowest BCUT2D eigenvalue weighted by molar-refractivity contribution is 0.0529. The molecule has 1 saturated heterocycles. The van der Waals surface area contributed by atoms with Crippen LogP contribution >= 0.6 is 11.3 Å². The van der Waals surface area contributed by atoms with Crippen molar-refractivity contribution < 1.29 is 13.2 Å². The van der Waals surface area contributed by atoms with Crippen molar-refractivity contribution in [2.24, 2.45) is 0 Å². The zero-order chi connectivity index (χ0) is 18.9. The summed E-state index contributed by atoms with van der Waals surface area (Å²) >= 11 is 1.70. The lowest BCUT2D eigenvalue weighted by Crippen LogP contribution is -2.44. The Kier molecular flexibility index (Phi) is 5.58. The molecule has 1 aliphatic heterocycles. The lowest BCUT2D eigenvalue weighted by Gasteiger charge is -2.36. The van der Waals surface area contributed by atoms with Gasteiger partial charge < -0.3 is 4.74 Å². The number of ether oxygens (including phenoxy) is 1. The van der Waals surface area contributed by atoms with Gasteiger partial charge in [-0.3, -0.25) is 0 Å². The Morgan fingerprint density at radius 1 is 1.12 bits per heavy atom. The summed E-state index contributed by atoms with van der Waals surface area (Å²) in [5, 5.41) is 2.05. The molecule has 2 aromatic rings. The van der Waals surface area contributed by atoms with Crippen LogP contribution in [0.1, 0.15) is 40.0 Å². The number of hydrogen-bond donors (Lipinski definition) is 1. The summed E-state index contributed by atoms with van der Waals surface area (Å²) in [5.74, 6) is 0. The average molecular weight is 394 g/mol. The van der Waals surface area contributed by atoms with Crippen molar-refractivity contribution in [1.82, 2.24) is 4.72 Å². The van der Waals surface area contributed by atoms with E-state index in [9.17, 15) is 8.42 Å². The van der Waals surface area contributed by atoms with Gasteiger partial charge in [0.25, 0.3) is 0 Å². The molecule has 6 heteroatoms. The van der Waals surface area contributed by atoms with Crippen LogP contribution in [0.3, 0.4) is 0 Å². The third-order valence-corrected chi connectivity index (χ3v) is 8.45. The van der Waals surface area contributed by atoms with E-state index in [4.69, 9.17) is 4.74 Å². The van der Waals surface area contributed by atoms with E-state index in [1.165, 1.54) is 4.88 Å². The Morgan fingerprint density at radius 3 is 2.27 bits per heavy atom. The maximum Gasteiger partial charge on any atom is 0.241 e. The van der Waals surface area contributed by atoms with Crippen LogP contribution in [0.15, 0.2) is 28.5 Å². The van der Waals surface area contributed by atoms with Crippen LogP contribution < -0.4 is 4.72 Å². The molecule has 3 rings (SSSR count). The molecule has 0 aliphatic carbocycles. The van der Waals surface area contributed by atoms with Crippen LogP contribution in [0.4, 0.5) is 0 Å². The molecule has 142 valence electrons. The summed E-state index contributed by atoms with van der Waals surface area (Å²) in [6.45, 7) is 9.45. The molecule has 0 radical (unpaired) electrons. The molecule has 1 aromatic heterocycles. The van der Waals surface area contributed by atoms with E-state index in [-0.39, 0.29) is 5.41 Å². The third-order valence-electron chi connectivity index (χ3n) is 5.66. The van der Waals surface area contributed by atoms with Crippen molar-refractivity contribution in [3.63, 3.8) is 0 Å². The van der Waals surface area contributed by atoms with Crippen molar-refractivity contribution in [3.05, 3.63) is 50.7 Å². The fourth-order valence-corrected chi connectivity index (χ4v) is 6.47. The fourth-order valence-electron chi connectivity index (χ4n) is 3.74. The first-order chi connectivity index (χ1) is 12.3. The zero-order valence-electron chi connectivity index (χ0n) is 15.9. The molecule has 2 heterocycles. The molecule has 4 nitrogen and oxygen atoms in total. The van der Waals surface area contributed by atoms with E-state index in [0.29, 0.717) is 24.7 Å². The Balaban J connectivity index is 1.93. The van der Waals surface area contributed by atoms with Crippen LogP contribution in [0, 0.1) is 27.7 Å². The maximum atomic E-state index is 13.2. The minimum atomic E-state index is -3.58. The summed E-state index contributed by atoms with van der Waals surface area (Å²) < 4.78 is 34.9. The zero-order valence-corrected chi connectivity index (χ0v) is 17.5. The van der Waals surface area contributed by atoms with Gasteiger partial charge in [0.05, 0.1) is 4.90 Å². The molecular weight excluding hydrogens is 366 g/mol. The second-order valence-corrected chi connectivity index (χ2v) is 9.94. The lowest BCUT2D eigenvalue weighted by atomic mass is 9.79. The predicted octanol–water partition coefficient (Wildman–Crippen LogP) is 4.01. The van der Waals surface area contributed by atoms with Gasteiger partial charge >= 0.3 is 0 Å². The molecule has 1 aromatic carbocycles. The largest absolute Gasteiger partial charge is 0.381 e. The van der Waals surface area contributed by atoms with Gasteiger partial charge in [-0.05, 0) is 74.2 Å². The first kappa shape index (κ1) is 19.5. The smallest absolute Gasteiger partial charge is 0.241 e. The fraction of sp³-hybridized carbons (Fsp3) is 0.500. The van der Waals surface area contributed by atoms with Gasteiger partial charge in [-0.2, -0.15) is 0 Å². The summed E-state index contributed by atoms with van der Waals surface area (Å²) in [5.41, 5.74) is 3.50. The number of sulfonamides is 1. The van der Waals surface area contributed by atoms with Gasteiger partial charge in [-0.15, -0.1) is 11.3 Å². The summed E-state index contributed by atoms with van der Waals surface area (Å²) in [6, 6.07) is 6.19. The van der Waals surface area contributed by atoms with Gasteiger partial charge in [-0.1, -0.05) is 12.1 Å². The maximum absolute atomic E-state index is 13.2. The summed E-state index contributed by atoms with van der Waals surface area (Å²) in [6.07, 6.45) is 1.67. The first-order valence-electron chi connectivity index (χ1n) is 8.96. The SMILES string of the molecule is Cc1cc(C)c(C)c(S(=O)(=O)NCC2(c3cccs3)CCOCC2)c1C. The Bertz CT molecular complexity index is 854. The van der Waals surface area contributed by atoms with Gasteiger partial charge in [0, 0.05) is 30.1 Å². The molecule has 1 fully saturated rings. The minimum absolute atomic E-state index is 0.180. The van der Waals surface area contributed by atoms with Crippen LogP contribution in [-0.4, -0.2) is 28.2 Å². The number of rotatable bonds is 5. The molecule has 0 bridgehead atoms. The molecule has 1 N–H and O–H groups in total. The number of aryl methyl sites for hydroxylation is 2. The van der Waals surface area contributed by atoms with Crippen LogP contribution in [0.5, 0.6) is 0 Å². The summed E-state index contributed by atoms with van der Waals surface area (Å²) in [4.78, 5) is 1.67. The highest BCUT2D eigenvalue weighted by Crippen LogP contribution is 2.37. The Morgan fingerprint density at radius 2 is 1.73 bits per heavy atom. The quantitative estimate of drug-likeness (QED) is 0.835. The van der Waals surface area contributed by atoms with Gasteiger partial charge in [0.2, 0.25) is 10.0 Å². The minimum Gasteiger partial charge on any atom is -0.381 e. The van der Waals surface area contributed by atoms with E-state index in [0.717, 1.165) is 35.1 Å². The van der Waals surface area contributed by atoms with E-state index in [1.807, 2.05) is 33.8 Å². The highest BCUT2D eigenvalue weighted by molar-refractivity contribution is 7.89. The van der Waals surface area contributed by atoms with E-state index in [1.54, 1.807) is 11.3 Å². The second kappa shape index (κ2) is 7.43. The number of benzene rings is 1. The van der Waals surface area contributed by atoms with Crippen molar-refractivity contribution >= 4 is 21.4 Å². The Hall–Kier alpha value is -1.21. The molecular formula is C20H27NO3S2. The predicted molar refractivity (Wildman–Crippen MR) is 107 cm³/mol. The number of hydrogen-bond acceptors (Lipinski definition) is 4. The van der Waals surface area contributed by atoms with Crippen molar-refractivity contribution in [1.29, 1.82) is 0 Å². The van der Waals surface area contributed by atoms with Gasteiger partial charge in [-0.25, -0.2) is 13.1 Å². The molecule has 0 amide bonds. The van der Waals surface area contributed by atoms with E-state index < -0.39 is 10.0 Å². The molecule has 26 heavy (non-hydrogen) atoms. The molecule has 1 aliphatic rings. The second-order valence-electron chi connectivity index (χ2n) is 7.28. The van der Waals surface area contributed by atoms with Crippen molar-refractivity contribution in [2.75, 3.05) is 19.8 Å². The van der Waals surface area contributed by atoms with Gasteiger partial charge in [0.15, 0.2) is 0 Å². The molecule has 0 atom stereocenters. The topological polar surface area (TPSA) is 55.4 Å². The molecule has 0 spiro atoms. The van der Waals surface area contributed by atoms with Crippen LogP contribution in [0.2, 0.25) is 0 Å². The summed E-state index contributed by atoms with van der Waals surface area (Å²) in [7, 11) is -3.58. The highest BCUT2D eigenvalue weighted by Gasteiger charge is 2.37. The first-order valence-corrected chi connectivity index (χ1v) is 11.3. The molecule has 0 saturated carbocycles. The van der Waals surface area contributed by atoms with E-state index in [2.05, 4.69) is 22.2 Å². The number of nitrogens with one attached hydrogen (secondary N) is 1. The molecule has 0 unspecified atom stereocenters. The average Bonchev–Trinajstić information content (AvgIpc) is 3.15. The van der Waals surface area contributed by atoms with Crippen LogP contribution in [-0.2, 0) is 20.2 Å². The van der Waals surface area contributed by atoms with Gasteiger partial charge in [0.1, 0.15) is 0 Å². The Labute approximate surface area is 160 Å². The van der Waals surface area contributed by atoms with Crippen molar-refractivity contribution in [3.8, 4) is 0 Å². The third kappa shape index (κ3) is 3.60. The normalized spacial score (nSPS) is 17.4. The van der Waals surface area contributed by atoms with E-state index >= 15 is 0 Å². The van der Waals surface area contributed by atoms with Crippen LogP contribution in [0.25, 0.3) is 0 Å². The standard InChI is InChI=1S/C20H27NO3S2/c1-14-12-15(2)17(4)19(16(14)3)26(22,23)21-13-20(7-9-24-10-8-20)18-6-5-11-25-18/h5-6,11-12,21H,7-10,13H2,1-4H3.